The second-order valence-corrected chi connectivity index (χ2v) is 6.03. The van der Waals surface area contributed by atoms with E-state index < -0.39 is 0 Å². The number of ether oxygens (including phenoxy) is 2. The van der Waals surface area contributed by atoms with Gasteiger partial charge in [0, 0.05) is 25.2 Å². The van der Waals surface area contributed by atoms with Crippen molar-refractivity contribution in [3.05, 3.63) is 64.7 Å². The number of guanidine groups is 1. The van der Waals surface area contributed by atoms with E-state index in [1.807, 2.05) is 55.5 Å². The van der Waals surface area contributed by atoms with Crippen LogP contribution in [0.1, 0.15) is 18.1 Å². The number of rotatable bonds is 9. The van der Waals surface area contributed by atoms with Crippen molar-refractivity contribution in [2.24, 2.45) is 4.99 Å². The predicted molar refractivity (Wildman–Crippen MR) is 122 cm³/mol. The maximum atomic E-state index is 6.20. The zero-order chi connectivity index (χ0) is 18.6. The lowest BCUT2D eigenvalue weighted by molar-refractivity contribution is 0.146. The largest absolute Gasteiger partial charge is 0.491 e. The molecule has 0 aromatic heterocycles. The summed E-state index contributed by atoms with van der Waals surface area (Å²) in [4.78, 5) is 4.62. The van der Waals surface area contributed by atoms with Crippen molar-refractivity contribution in [2.75, 3.05) is 26.9 Å². The monoisotopic (exact) mass is 503 g/mol. The summed E-state index contributed by atoms with van der Waals surface area (Å²) >= 11 is 6.20. The molecule has 0 unspecified atom stereocenters. The molecule has 7 heteroatoms. The smallest absolute Gasteiger partial charge is 0.191 e. The van der Waals surface area contributed by atoms with Gasteiger partial charge in [0.2, 0.25) is 0 Å². The molecule has 0 aliphatic rings. The number of hydrogen-bond acceptors (Lipinski definition) is 3. The number of halogens is 2. The van der Waals surface area contributed by atoms with Crippen molar-refractivity contribution in [1.82, 2.24) is 10.6 Å². The molecule has 0 heterocycles. The molecular formula is C20H27ClIN3O2. The maximum absolute atomic E-state index is 6.20. The summed E-state index contributed by atoms with van der Waals surface area (Å²) in [5.74, 6) is 1.59. The molecule has 2 N–H and O–H groups in total. The van der Waals surface area contributed by atoms with Gasteiger partial charge in [-0.25, -0.2) is 4.99 Å². The molecule has 0 spiro atoms. The van der Waals surface area contributed by atoms with Crippen LogP contribution in [0.2, 0.25) is 5.02 Å². The summed E-state index contributed by atoms with van der Waals surface area (Å²) in [6.45, 7) is 5.16. The Hall–Kier alpha value is -1.51. The van der Waals surface area contributed by atoms with Gasteiger partial charge in [0.15, 0.2) is 5.96 Å². The zero-order valence-corrected chi connectivity index (χ0v) is 18.8. The number of nitrogens with zero attached hydrogens (tertiary/aromatic N) is 1. The highest BCUT2D eigenvalue weighted by atomic mass is 127. The molecule has 0 aliphatic carbocycles. The Morgan fingerprint density at radius 3 is 2.44 bits per heavy atom. The van der Waals surface area contributed by atoms with E-state index in [9.17, 15) is 0 Å². The normalized spacial score (nSPS) is 10.9. The molecule has 0 radical (unpaired) electrons. The number of hydrogen-bond donors (Lipinski definition) is 2. The average Bonchev–Trinajstić information content (AvgIpc) is 2.66. The predicted octanol–water partition coefficient (Wildman–Crippen LogP) is 4.24. The van der Waals surface area contributed by atoms with Gasteiger partial charge in [-0.15, -0.1) is 24.0 Å². The Bertz CT molecular complexity index is 696. The van der Waals surface area contributed by atoms with Gasteiger partial charge < -0.3 is 20.1 Å². The van der Waals surface area contributed by atoms with E-state index in [2.05, 4.69) is 15.6 Å². The lowest BCUT2D eigenvalue weighted by Crippen LogP contribution is -2.36. The molecular weight excluding hydrogens is 477 g/mol. The van der Waals surface area contributed by atoms with Crippen LogP contribution in [0.5, 0.6) is 5.75 Å². The molecule has 0 atom stereocenters. The molecule has 0 saturated heterocycles. The summed E-state index contributed by atoms with van der Waals surface area (Å²) in [6, 6.07) is 15.7. The Kier molecular flexibility index (Phi) is 11.9. The third-order valence-corrected chi connectivity index (χ3v) is 4.02. The Labute approximate surface area is 183 Å². The van der Waals surface area contributed by atoms with E-state index in [0.29, 0.717) is 26.3 Å². The van der Waals surface area contributed by atoms with Crippen molar-refractivity contribution in [1.29, 1.82) is 0 Å². The molecule has 148 valence electrons. The highest BCUT2D eigenvalue weighted by Crippen LogP contribution is 2.14. The second kappa shape index (κ2) is 13.6. The summed E-state index contributed by atoms with van der Waals surface area (Å²) < 4.78 is 10.5. The number of nitrogens with one attached hydrogen (secondary N) is 2. The molecule has 2 aromatic rings. The van der Waals surface area contributed by atoms with Gasteiger partial charge in [0.1, 0.15) is 12.4 Å². The molecule has 0 aliphatic heterocycles. The lowest BCUT2D eigenvalue weighted by atomic mass is 10.2. The molecule has 0 bridgehead atoms. The van der Waals surface area contributed by atoms with Gasteiger partial charge in [-0.2, -0.15) is 0 Å². The molecule has 2 rings (SSSR count). The maximum Gasteiger partial charge on any atom is 0.191 e. The van der Waals surface area contributed by atoms with Gasteiger partial charge in [0.25, 0.3) is 0 Å². The van der Waals surface area contributed by atoms with Crippen molar-refractivity contribution in [3.8, 4) is 5.75 Å². The van der Waals surface area contributed by atoms with Crippen molar-refractivity contribution in [2.45, 2.75) is 20.0 Å². The summed E-state index contributed by atoms with van der Waals surface area (Å²) in [6.07, 6.45) is 0. The van der Waals surface area contributed by atoms with E-state index in [4.69, 9.17) is 21.1 Å². The summed E-state index contributed by atoms with van der Waals surface area (Å²) in [5.41, 5.74) is 2.15. The Morgan fingerprint density at radius 2 is 1.78 bits per heavy atom. The Balaban J connectivity index is 0.00000364. The Morgan fingerprint density at radius 1 is 1.04 bits per heavy atom. The van der Waals surface area contributed by atoms with Crippen LogP contribution in [0.3, 0.4) is 0 Å². The fraction of sp³-hybridized carbons (Fsp3) is 0.350. The third-order valence-electron chi connectivity index (χ3n) is 3.65. The number of methoxy groups -OCH3 is 1. The minimum absolute atomic E-state index is 0. The minimum atomic E-state index is 0. The van der Waals surface area contributed by atoms with Crippen LogP contribution in [-0.2, 0) is 17.8 Å². The molecule has 5 nitrogen and oxygen atoms in total. The molecule has 0 amide bonds. The molecule has 0 fully saturated rings. The van der Waals surface area contributed by atoms with E-state index in [-0.39, 0.29) is 24.0 Å². The molecule has 0 saturated carbocycles. The first-order valence-corrected chi connectivity index (χ1v) is 9.07. The van der Waals surface area contributed by atoms with Gasteiger partial charge >= 0.3 is 0 Å². The quantitative estimate of drug-likeness (QED) is 0.233. The topological polar surface area (TPSA) is 54.9 Å². The van der Waals surface area contributed by atoms with Crippen LogP contribution in [-0.4, -0.2) is 32.8 Å². The van der Waals surface area contributed by atoms with Crippen LogP contribution in [0, 0.1) is 0 Å². The van der Waals surface area contributed by atoms with Gasteiger partial charge in [-0.1, -0.05) is 41.9 Å². The van der Waals surface area contributed by atoms with E-state index >= 15 is 0 Å². The molecule has 27 heavy (non-hydrogen) atoms. The lowest BCUT2D eigenvalue weighted by Gasteiger charge is -2.12. The van der Waals surface area contributed by atoms with Gasteiger partial charge in [-0.3, -0.25) is 0 Å². The second-order valence-electron chi connectivity index (χ2n) is 5.63. The highest BCUT2D eigenvalue weighted by molar-refractivity contribution is 14.0. The van der Waals surface area contributed by atoms with Gasteiger partial charge in [-0.05, 0) is 36.2 Å². The summed E-state index contributed by atoms with van der Waals surface area (Å²) in [7, 11) is 1.66. The summed E-state index contributed by atoms with van der Waals surface area (Å²) in [5, 5.41) is 7.31. The van der Waals surface area contributed by atoms with E-state index in [1.165, 1.54) is 0 Å². The van der Waals surface area contributed by atoms with Crippen LogP contribution >= 0.6 is 35.6 Å². The SMILES string of the molecule is CCNC(=NCc1ccc(OCCOC)cc1)NCc1ccccc1Cl.I. The minimum Gasteiger partial charge on any atom is -0.491 e. The van der Waals surface area contributed by atoms with E-state index in [1.54, 1.807) is 7.11 Å². The average molecular weight is 504 g/mol. The van der Waals surface area contributed by atoms with Crippen LogP contribution < -0.4 is 15.4 Å². The highest BCUT2D eigenvalue weighted by Gasteiger charge is 2.02. The first-order chi connectivity index (χ1) is 12.7. The fourth-order valence-corrected chi connectivity index (χ4v) is 2.47. The first-order valence-electron chi connectivity index (χ1n) is 8.69. The van der Waals surface area contributed by atoms with Crippen LogP contribution in [0.4, 0.5) is 0 Å². The number of benzene rings is 2. The molecule has 2 aromatic carbocycles. The standard InChI is InChI=1S/C20H26ClN3O2.HI/c1-3-22-20(24-15-17-6-4-5-7-19(17)21)23-14-16-8-10-18(11-9-16)26-13-12-25-2;/h4-11H,3,12-15H2,1-2H3,(H2,22,23,24);1H. The van der Waals surface area contributed by atoms with Crippen molar-refractivity contribution < 1.29 is 9.47 Å². The van der Waals surface area contributed by atoms with Crippen LogP contribution in [0.25, 0.3) is 0 Å². The fourth-order valence-electron chi connectivity index (χ4n) is 2.27. The van der Waals surface area contributed by atoms with Gasteiger partial charge in [0.05, 0.1) is 13.2 Å². The third kappa shape index (κ3) is 8.81. The zero-order valence-electron chi connectivity index (χ0n) is 15.7. The van der Waals surface area contributed by atoms with E-state index in [0.717, 1.165) is 34.4 Å². The first kappa shape index (κ1) is 23.5. The van der Waals surface area contributed by atoms with Crippen LogP contribution in [0.15, 0.2) is 53.5 Å². The van der Waals surface area contributed by atoms with Crippen molar-refractivity contribution >= 4 is 41.5 Å². The van der Waals surface area contributed by atoms with Crippen molar-refractivity contribution in [3.63, 3.8) is 0 Å². The number of aliphatic imine (C=N–C) groups is 1.